The number of rotatable bonds is 4. The lowest BCUT2D eigenvalue weighted by Crippen LogP contribution is -2.43. The molecule has 2 aromatic rings. The molecule has 2 rings (SSSR count). The molecule has 0 aromatic carbocycles. The van der Waals surface area contributed by atoms with Crippen LogP contribution in [0.2, 0.25) is 0 Å². The minimum absolute atomic E-state index is 0.0792. The maximum atomic E-state index is 11.4. The Morgan fingerprint density at radius 1 is 1.38 bits per heavy atom. The van der Waals surface area contributed by atoms with Crippen molar-refractivity contribution in [1.82, 2.24) is 14.6 Å². The van der Waals surface area contributed by atoms with Gasteiger partial charge in [0.1, 0.15) is 11.1 Å². The van der Waals surface area contributed by atoms with Gasteiger partial charge < -0.3 is 10.4 Å². The number of hydrogen-bond donors (Lipinski definition) is 2. The SMILES string of the molecule is CCC(C)(Nc1nccn2nc(C(C)(C)C)cc12)C(=O)O. The van der Waals surface area contributed by atoms with E-state index in [1.807, 2.05) is 13.0 Å². The Kier molecular flexibility index (Phi) is 3.65. The Balaban J connectivity index is 2.50. The zero-order valence-corrected chi connectivity index (χ0v) is 13.1. The molecule has 0 saturated heterocycles. The van der Waals surface area contributed by atoms with Gasteiger partial charge in [0.2, 0.25) is 0 Å². The average Bonchev–Trinajstić information content (AvgIpc) is 2.83. The van der Waals surface area contributed by atoms with Gasteiger partial charge in [0.25, 0.3) is 0 Å². The molecule has 2 N–H and O–H groups in total. The van der Waals surface area contributed by atoms with Crippen molar-refractivity contribution in [2.75, 3.05) is 5.32 Å². The molecule has 0 amide bonds. The van der Waals surface area contributed by atoms with E-state index >= 15 is 0 Å². The van der Waals surface area contributed by atoms with Crippen LogP contribution in [0.25, 0.3) is 5.52 Å². The third kappa shape index (κ3) is 2.84. The van der Waals surface area contributed by atoms with E-state index in [0.29, 0.717) is 12.2 Å². The fraction of sp³-hybridized carbons (Fsp3) is 0.533. The number of aliphatic carboxylic acids is 1. The summed E-state index contributed by atoms with van der Waals surface area (Å²) in [6.45, 7) is 9.74. The lowest BCUT2D eigenvalue weighted by atomic mass is 9.92. The molecule has 0 aliphatic rings. The van der Waals surface area contributed by atoms with E-state index in [4.69, 9.17) is 0 Å². The van der Waals surface area contributed by atoms with Crippen LogP contribution in [0.1, 0.15) is 46.7 Å². The Morgan fingerprint density at radius 3 is 2.57 bits per heavy atom. The minimum Gasteiger partial charge on any atom is -0.480 e. The summed E-state index contributed by atoms with van der Waals surface area (Å²) in [6.07, 6.45) is 3.83. The Morgan fingerprint density at radius 2 is 2.05 bits per heavy atom. The summed E-state index contributed by atoms with van der Waals surface area (Å²) in [6, 6.07) is 1.95. The summed E-state index contributed by atoms with van der Waals surface area (Å²) in [4.78, 5) is 15.7. The molecule has 0 aliphatic carbocycles. The van der Waals surface area contributed by atoms with Crippen molar-refractivity contribution in [3.05, 3.63) is 24.2 Å². The quantitative estimate of drug-likeness (QED) is 0.905. The van der Waals surface area contributed by atoms with Gasteiger partial charge >= 0.3 is 5.97 Å². The van der Waals surface area contributed by atoms with E-state index in [9.17, 15) is 9.90 Å². The molecule has 1 unspecified atom stereocenters. The molecule has 0 fully saturated rings. The highest BCUT2D eigenvalue weighted by Gasteiger charge is 2.32. The first kappa shape index (κ1) is 15.3. The van der Waals surface area contributed by atoms with Crippen LogP contribution >= 0.6 is 0 Å². The summed E-state index contributed by atoms with van der Waals surface area (Å²) >= 11 is 0. The molecule has 0 bridgehead atoms. The smallest absolute Gasteiger partial charge is 0.329 e. The van der Waals surface area contributed by atoms with Crippen molar-refractivity contribution in [2.24, 2.45) is 0 Å². The molecule has 21 heavy (non-hydrogen) atoms. The second-order valence-corrected chi connectivity index (χ2v) is 6.50. The van der Waals surface area contributed by atoms with E-state index in [1.165, 1.54) is 0 Å². The van der Waals surface area contributed by atoms with E-state index < -0.39 is 11.5 Å². The number of nitrogens with one attached hydrogen (secondary N) is 1. The summed E-state index contributed by atoms with van der Waals surface area (Å²) in [5.74, 6) is -0.364. The predicted molar refractivity (Wildman–Crippen MR) is 81.6 cm³/mol. The normalized spacial score (nSPS) is 14.9. The molecule has 6 nitrogen and oxygen atoms in total. The topological polar surface area (TPSA) is 79.5 Å². The van der Waals surface area contributed by atoms with Gasteiger partial charge in [0.05, 0.1) is 5.69 Å². The number of carboxylic acids is 1. The molecular formula is C15H22N4O2. The Hall–Kier alpha value is -2.11. The summed E-state index contributed by atoms with van der Waals surface area (Å²) < 4.78 is 1.73. The van der Waals surface area contributed by atoms with Gasteiger partial charge in [-0.05, 0) is 19.4 Å². The van der Waals surface area contributed by atoms with E-state index in [-0.39, 0.29) is 5.41 Å². The highest BCUT2D eigenvalue weighted by Crippen LogP contribution is 2.26. The number of nitrogens with zero attached hydrogens (tertiary/aromatic N) is 3. The van der Waals surface area contributed by atoms with Gasteiger partial charge in [-0.3, -0.25) is 0 Å². The number of carbonyl (C=O) groups is 1. The highest BCUT2D eigenvalue weighted by atomic mass is 16.4. The van der Waals surface area contributed by atoms with Crippen LogP contribution in [-0.2, 0) is 10.2 Å². The summed E-state index contributed by atoms with van der Waals surface area (Å²) in [5, 5.41) is 17.0. The predicted octanol–water partition coefficient (Wildman–Crippen LogP) is 2.69. The minimum atomic E-state index is -1.05. The van der Waals surface area contributed by atoms with Crippen molar-refractivity contribution in [1.29, 1.82) is 0 Å². The molecular weight excluding hydrogens is 268 g/mol. The zero-order chi connectivity index (χ0) is 15.8. The first-order chi connectivity index (χ1) is 9.67. The van der Waals surface area contributed by atoms with Gasteiger partial charge in [0.15, 0.2) is 5.82 Å². The van der Waals surface area contributed by atoms with Crippen LogP contribution in [0.3, 0.4) is 0 Å². The van der Waals surface area contributed by atoms with Crippen molar-refractivity contribution in [3.8, 4) is 0 Å². The Bertz CT molecular complexity index is 672. The molecule has 0 saturated carbocycles. The first-order valence-corrected chi connectivity index (χ1v) is 7.04. The monoisotopic (exact) mass is 290 g/mol. The van der Waals surface area contributed by atoms with Crippen LogP contribution < -0.4 is 5.32 Å². The van der Waals surface area contributed by atoms with Crippen molar-refractivity contribution < 1.29 is 9.90 Å². The number of aromatic nitrogens is 3. The molecule has 114 valence electrons. The molecule has 2 aromatic heterocycles. The van der Waals surface area contributed by atoms with E-state index in [2.05, 4.69) is 36.2 Å². The molecule has 0 radical (unpaired) electrons. The number of fused-ring (bicyclic) bond motifs is 1. The Labute approximate surface area is 124 Å². The lowest BCUT2D eigenvalue weighted by Gasteiger charge is -2.25. The molecule has 0 spiro atoms. The molecule has 6 heteroatoms. The van der Waals surface area contributed by atoms with Gasteiger partial charge in [-0.1, -0.05) is 27.7 Å². The number of anilines is 1. The number of carboxylic acid groups (broad SMARTS) is 1. The van der Waals surface area contributed by atoms with Gasteiger partial charge in [-0.2, -0.15) is 5.10 Å². The molecule has 0 aliphatic heterocycles. The van der Waals surface area contributed by atoms with Crippen LogP contribution in [-0.4, -0.2) is 31.2 Å². The number of hydrogen-bond acceptors (Lipinski definition) is 4. The van der Waals surface area contributed by atoms with Crippen molar-refractivity contribution in [2.45, 2.75) is 52.0 Å². The van der Waals surface area contributed by atoms with Gasteiger partial charge in [0, 0.05) is 17.8 Å². The first-order valence-electron chi connectivity index (χ1n) is 7.04. The third-order valence-electron chi connectivity index (χ3n) is 3.73. The molecule has 2 heterocycles. The third-order valence-corrected chi connectivity index (χ3v) is 3.73. The summed E-state index contributed by atoms with van der Waals surface area (Å²) in [5.41, 5.74) is 0.584. The maximum Gasteiger partial charge on any atom is 0.329 e. The van der Waals surface area contributed by atoms with Crippen LogP contribution in [0, 0.1) is 0 Å². The largest absolute Gasteiger partial charge is 0.480 e. The van der Waals surface area contributed by atoms with Gasteiger partial charge in [-0.15, -0.1) is 0 Å². The van der Waals surface area contributed by atoms with Crippen LogP contribution in [0.4, 0.5) is 5.82 Å². The van der Waals surface area contributed by atoms with E-state index in [1.54, 1.807) is 23.8 Å². The van der Waals surface area contributed by atoms with Crippen LogP contribution in [0.5, 0.6) is 0 Å². The highest BCUT2D eigenvalue weighted by molar-refractivity contribution is 5.84. The average molecular weight is 290 g/mol. The standard InChI is InChI=1S/C15H22N4O2/c1-6-15(5,13(20)21)17-12-10-9-11(14(2,3)4)18-19(10)8-7-16-12/h7-9H,6H2,1-5H3,(H,16,17)(H,20,21). The lowest BCUT2D eigenvalue weighted by molar-refractivity contribution is -0.141. The second kappa shape index (κ2) is 5.02. The van der Waals surface area contributed by atoms with E-state index in [0.717, 1.165) is 11.2 Å². The zero-order valence-electron chi connectivity index (χ0n) is 13.1. The fourth-order valence-electron chi connectivity index (χ4n) is 1.94. The van der Waals surface area contributed by atoms with Crippen molar-refractivity contribution >= 4 is 17.3 Å². The maximum absolute atomic E-state index is 11.4. The summed E-state index contributed by atoms with van der Waals surface area (Å²) in [7, 11) is 0. The van der Waals surface area contributed by atoms with Gasteiger partial charge in [-0.25, -0.2) is 14.3 Å². The molecule has 1 atom stereocenters. The van der Waals surface area contributed by atoms with Crippen LogP contribution in [0.15, 0.2) is 18.5 Å². The fourth-order valence-corrected chi connectivity index (χ4v) is 1.94. The van der Waals surface area contributed by atoms with Crippen molar-refractivity contribution in [3.63, 3.8) is 0 Å². The second-order valence-electron chi connectivity index (χ2n) is 6.50.